The first-order chi connectivity index (χ1) is 6.43. The van der Waals surface area contributed by atoms with Gasteiger partial charge in [-0.2, -0.15) is 0 Å². The fourth-order valence-electron chi connectivity index (χ4n) is 2.23. The van der Waals surface area contributed by atoms with Crippen LogP contribution in [0.2, 0.25) is 0 Å². The number of carboxylic acids is 1. The zero-order chi connectivity index (χ0) is 10.8. The summed E-state index contributed by atoms with van der Waals surface area (Å²) in [5, 5.41) is 8.98. The summed E-state index contributed by atoms with van der Waals surface area (Å²) in [4.78, 5) is 10.9. The minimum atomic E-state index is -0.744. The van der Waals surface area contributed by atoms with Crippen LogP contribution in [0.15, 0.2) is 0 Å². The molecule has 14 heavy (non-hydrogen) atoms. The Morgan fingerprint density at radius 3 is 2.43 bits per heavy atom. The van der Waals surface area contributed by atoms with Crippen molar-refractivity contribution in [2.75, 3.05) is 0 Å². The summed E-state index contributed by atoms with van der Waals surface area (Å²) in [5.41, 5.74) is 5.36. The molecule has 0 heterocycles. The number of carboxylic acid groups (broad SMARTS) is 1. The minimum Gasteiger partial charge on any atom is -0.481 e. The predicted molar refractivity (Wildman–Crippen MR) is 56.0 cm³/mol. The Labute approximate surface area is 85.7 Å². The van der Waals surface area contributed by atoms with Crippen molar-refractivity contribution in [2.24, 2.45) is 17.1 Å². The van der Waals surface area contributed by atoms with Crippen LogP contribution in [-0.4, -0.2) is 17.1 Å². The fourth-order valence-corrected chi connectivity index (χ4v) is 2.23. The van der Waals surface area contributed by atoms with Crippen LogP contribution in [0.5, 0.6) is 0 Å². The van der Waals surface area contributed by atoms with Gasteiger partial charge in [0.15, 0.2) is 0 Å². The average Bonchev–Trinajstić information content (AvgIpc) is 2.54. The van der Waals surface area contributed by atoms with Crippen LogP contribution < -0.4 is 5.73 Å². The molecule has 82 valence electrons. The van der Waals surface area contributed by atoms with Gasteiger partial charge in [0.25, 0.3) is 0 Å². The highest BCUT2D eigenvalue weighted by molar-refractivity contribution is 5.73. The van der Waals surface area contributed by atoms with Crippen molar-refractivity contribution in [3.8, 4) is 0 Å². The molecule has 3 N–H and O–H groups in total. The van der Waals surface area contributed by atoms with Crippen LogP contribution in [0.4, 0.5) is 0 Å². The molecule has 0 aliphatic heterocycles. The second-order valence-electron chi connectivity index (χ2n) is 5.10. The van der Waals surface area contributed by atoms with E-state index in [1.807, 2.05) is 0 Å². The normalized spacial score (nSPS) is 21.1. The second-order valence-corrected chi connectivity index (χ2v) is 5.10. The lowest BCUT2D eigenvalue weighted by Crippen LogP contribution is -2.37. The van der Waals surface area contributed by atoms with E-state index in [1.165, 1.54) is 25.7 Å². The highest BCUT2D eigenvalue weighted by Gasteiger charge is 2.33. The van der Waals surface area contributed by atoms with Gasteiger partial charge in [0.2, 0.25) is 0 Å². The van der Waals surface area contributed by atoms with Crippen molar-refractivity contribution in [3.05, 3.63) is 0 Å². The summed E-state index contributed by atoms with van der Waals surface area (Å²) >= 11 is 0. The van der Waals surface area contributed by atoms with Gasteiger partial charge in [-0.3, -0.25) is 4.79 Å². The molecular weight excluding hydrogens is 178 g/mol. The van der Waals surface area contributed by atoms with Gasteiger partial charge in [-0.15, -0.1) is 0 Å². The highest BCUT2D eigenvalue weighted by Crippen LogP contribution is 2.32. The molecule has 1 rings (SSSR count). The molecule has 0 spiro atoms. The van der Waals surface area contributed by atoms with Crippen molar-refractivity contribution in [3.63, 3.8) is 0 Å². The molecule has 1 aliphatic rings. The lowest BCUT2D eigenvalue weighted by Gasteiger charge is -2.27. The zero-order valence-corrected chi connectivity index (χ0v) is 9.12. The SMILES string of the molecule is CC(C)(CC(N)C1CCCC1)C(=O)O. The van der Waals surface area contributed by atoms with Crippen LogP contribution in [0.1, 0.15) is 46.0 Å². The van der Waals surface area contributed by atoms with Crippen LogP contribution in [0, 0.1) is 11.3 Å². The molecular formula is C11H21NO2. The van der Waals surface area contributed by atoms with Gasteiger partial charge in [0.05, 0.1) is 5.41 Å². The van der Waals surface area contributed by atoms with E-state index in [-0.39, 0.29) is 6.04 Å². The molecule has 0 bridgehead atoms. The molecule has 0 aromatic rings. The number of aliphatic carboxylic acids is 1. The topological polar surface area (TPSA) is 63.3 Å². The second kappa shape index (κ2) is 4.30. The van der Waals surface area contributed by atoms with Gasteiger partial charge in [-0.05, 0) is 39.0 Å². The van der Waals surface area contributed by atoms with E-state index in [2.05, 4.69) is 0 Å². The zero-order valence-electron chi connectivity index (χ0n) is 9.12. The maximum Gasteiger partial charge on any atom is 0.309 e. The van der Waals surface area contributed by atoms with Gasteiger partial charge in [-0.1, -0.05) is 12.8 Å². The number of hydrogen-bond donors (Lipinski definition) is 2. The Balaban J connectivity index is 2.46. The average molecular weight is 199 g/mol. The predicted octanol–water partition coefficient (Wildman–Crippen LogP) is 2.00. The Bertz CT molecular complexity index is 207. The van der Waals surface area contributed by atoms with Crippen LogP contribution >= 0.6 is 0 Å². The van der Waals surface area contributed by atoms with Crippen LogP contribution in [0.3, 0.4) is 0 Å². The van der Waals surface area contributed by atoms with Crippen molar-refractivity contribution in [1.29, 1.82) is 0 Å². The third-order valence-electron chi connectivity index (χ3n) is 3.33. The molecule has 1 atom stereocenters. The first-order valence-corrected chi connectivity index (χ1v) is 5.42. The van der Waals surface area contributed by atoms with E-state index in [9.17, 15) is 4.79 Å². The molecule has 0 radical (unpaired) electrons. The Morgan fingerprint density at radius 2 is 2.00 bits per heavy atom. The van der Waals surface area contributed by atoms with E-state index in [1.54, 1.807) is 13.8 Å². The molecule has 1 unspecified atom stereocenters. The van der Waals surface area contributed by atoms with Crippen LogP contribution in [0.25, 0.3) is 0 Å². The lowest BCUT2D eigenvalue weighted by molar-refractivity contribution is -0.147. The van der Waals surface area contributed by atoms with E-state index < -0.39 is 11.4 Å². The Kier molecular flexibility index (Phi) is 3.53. The summed E-state index contributed by atoms with van der Waals surface area (Å²) in [5.74, 6) is -0.195. The smallest absolute Gasteiger partial charge is 0.309 e. The van der Waals surface area contributed by atoms with Crippen molar-refractivity contribution < 1.29 is 9.90 Å². The third kappa shape index (κ3) is 2.71. The summed E-state index contributed by atoms with van der Waals surface area (Å²) in [7, 11) is 0. The molecule has 0 amide bonds. The largest absolute Gasteiger partial charge is 0.481 e. The number of rotatable bonds is 4. The maximum absolute atomic E-state index is 10.9. The quantitative estimate of drug-likeness (QED) is 0.728. The van der Waals surface area contributed by atoms with Gasteiger partial charge >= 0.3 is 5.97 Å². The Hall–Kier alpha value is -0.570. The molecule has 3 nitrogen and oxygen atoms in total. The first kappa shape index (κ1) is 11.5. The molecule has 0 aromatic heterocycles. The van der Waals surface area contributed by atoms with Gasteiger partial charge in [0, 0.05) is 6.04 Å². The molecule has 0 saturated heterocycles. The van der Waals surface area contributed by atoms with E-state index in [0.29, 0.717) is 12.3 Å². The summed E-state index contributed by atoms with van der Waals surface area (Å²) in [6.07, 6.45) is 5.46. The van der Waals surface area contributed by atoms with E-state index in [4.69, 9.17) is 10.8 Å². The van der Waals surface area contributed by atoms with E-state index in [0.717, 1.165) is 0 Å². The lowest BCUT2D eigenvalue weighted by atomic mass is 9.81. The number of carbonyl (C=O) groups is 1. The maximum atomic E-state index is 10.9. The monoisotopic (exact) mass is 199 g/mol. The molecule has 3 heteroatoms. The molecule has 1 fully saturated rings. The minimum absolute atomic E-state index is 0.0589. The third-order valence-corrected chi connectivity index (χ3v) is 3.33. The highest BCUT2D eigenvalue weighted by atomic mass is 16.4. The molecule has 0 aromatic carbocycles. The number of hydrogen-bond acceptors (Lipinski definition) is 2. The molecule has 1 aliphatic carbocycles. The molecule has 1 saturated carbocycles. The van der Waals surface area contributed by atoms with Crippen molar-refractivity contribution in [1.82, 2.24) is 0 Å². The van der Waals surface area contributed by atoms with Gasteiger partial charge < -0.3 is 10.8 Å². The number of nitrogens with two attached hydrogens (primary N) is 1. The summed E-state index contributed by atoms with van der Waals surface area (Å²) in [6, 6.07) is 0.0589. The van der Waals surface area contributed by atoms with E-state index >= 15 is 0 Å². The van der Waals surface area contributed by atoms with Gasteiger partial charge in [0.1, 0.15) is 0 Å². The van der Waals surface area contributed by atoms with Crippen LogP contribution in [-0.2, 0) is 4.79 Å². The Morgan fingerprint density at radius 1 is 1.50 bits per heavy atom. The van der Waals surface area contributed by atoms with Crippen molar-refractivity contribution >= 4 is 5.97 Å². The summed E-state index contributed by atoms with van der Waals surface area (Å²) < 4.78 is 0. The fraction of sp³-hybridized carbons (Fsp3) is 0.909. The first-order valence-electron chi connectivity index (χ1n) is 5.42. The summed E-state index contributed by atoms with van der Waals surface area (Å²) in [6.45, 7) is 3.51. The van der Waals surface area contributed by atoms with Crippen molar-refractivity contribution in [2.45, 2.75) is 52.0 Å². The standard InChI is InChI=1S/C11H21NO2/c1-11(2,10(13)14)7-9(12)8-5-3-4-6-8/h8-9H,3-7,12H2,1-2H3,(H,13,14). The van der Waals surface area contributed by atoms with Gasteiger partial charge in [-0.25, -0.2) is 0 Å².